The molecule has 3 amide bonds. The van der Waals surface area contributed by atoms with Gasteiger partial charge in [-0.15, -0.1) is 0 Å². The third-order valence-corrected chi connectivity index (χ3v) is 5.92. The van der Waals surface area contributed by atoms with Gasteiger partial charge in [-0.25, -0.2) is 13.2 Å². The highest BCUT2D eigenvalue weighted by Crippen LogP contribution is 2.24. The van der Waals surface area contributed by atoms with Gasteiger partial charge in [0, 0.05) is 0 Å². The van der Waals surface area contributed by atoms with E-state index < -0.39 is 16.1 Å². The normalized spacial score (nSPS) is 14.4. The molecule has 1 saturated heterocycles. The summed E-state index contributed by atoms with van der Waals surface area (Å²) in [5, 5.41) is 4.21. The van der Waals surface area contributed by atoms with Crippen LogP contribution in [-0.2, 0) is 21.4 Å². The molecule has 0 atom stereocenters. The highest BCUT2D eigenvalue weighted by Gasteiger charge is 2.29. The van der Waals surface area contributed by atoms with Crippen molar-refractivity contribution in [2.24, 2.45) is 0 Å². The molecule has 0 spiro atoms. The number of sulfonamides is 1. The average molecular weight is 395 g/mol. The van der Waals surface area contributed by atoms with Crippen molar-refractivity contribution in [2.75, 3.05) is 11.3 Å². The van der Waals surface area contributed by atoms with Crippen molar-refractivity contribution >= 4 is 38.4 Å². The van der Waals surface area contributed by atoms with Gasteiger partial charge in [0.25, 0.3) is 10.0 Å². The lowest BCUT2D eigenvalue weighted by Gasteiger charge is -2.17. The molecule has 1 fully saturated rings. The first-order valence-corrected chi connectivity index (χ1v) is 10.1. The van der Waals surface area contributed by atoms with Crippen LogP contribution in [0.4, 0.5) is 10.5 Å². The molecule has 0 aromatic heterocycles. The Labute approximate surface area is 162 Å². The van der Waals surface area contributed by atoms with Gasteiger partial charge in [-0.3, -0.25) is 14.4 Å². The second-order valence-corrected chi connectivity index (χ2v) is 8.09. The molecule has 0 aliphatic carbocycles. The molecule has 0 radical (unpaired) electrons. The molecular formula is C20H17N3O4S. The number of hydrogen-bond acceptors (Lipinski definition) is 4. The third kappa shape index (κ3) is 3.41. The minimum absolute atomic E-state index is 0.0128. The molecule has 0 bridgehead atoms. The lowest BCUT2D eigenvalue weighted by Crippen LogP contribution is -2.30. The summed E-state index contributed by atoms with van der Waals surface area (Å²) >= 11 is 0. The Balaban J connectivity index is 1.64. The van der Waals surface area contributed by atoms with Crippen LogP contribution in [0.5, 0.6) is 0 Å². The van der Waals surface area contributed by atoms with Crippen molar-refractivity contribution in [3.8, 4) is 0 Å². The number of benzene rings is 3. The van der Waals surface area contributed by atoms with Crippen LogP contribution in [0.3, 0.4) is 0 Å². The topological polar surface area (TPSA) is 95.6 Å². The van der Waals surface area contributed by atoms with Gasteiger partial charge in [0.15, 0.2) is 0 Å². The SMILES string of the molecule is O=C1CNC(=O)N1Cc1ccccc1NS(=O)(=O)c1ccc2ccccc2c1. The molecule has 0 saturated carbocycles. The van der Waals surface area contributed by atoms with Gasteiger partial charge in [0.05, 0.1) is 23.7 Å². The van der Waals surface area contributed by atoms with E-state index in [1.54, 1.807) is 42.5 Å². The summed E-state index contributed by atoms with van der Waals surface area (Å²) in [6.45, 7) is -0.0646. The molecule has 28 heavy (non-hydrogen) atoms. The smallest absolute Gasteiger partial charge is 0.324 e. The van der Waals surface area contributed by atoms with Crippen molar-refractivity contribution in [3.63, 3.8) is 0 Å². The second kappa shape index (κ2) is 6.97. The second-order valence-electron chi connectivity index (χ2n) is 6.41. The van der Waals surface area contributed by atoms with Crippen molar-refractivity contribution in [2.45, 2.75) is 11.4 Å². The van der Waals surface area contributed by atoms with Crippen molar-refractivity contribution in [1.29, 1.82) is 0 Å². The highest BCUT2D eigenvalue weighted by atomic mass is 32.2. The van der Waals surface area contributed by atoms with Crippen LogP contribution in [0.2, 0.25) is 0 Å². The van der Waals surface area contributed by atoms with E-state index in [1.807, 2.05) is 24.3 Å². The molecule has 1 aliphatic rings. The van der Waals surface area contributed by atoms with Gasteiger partial charge in [0.1, 0.15) is 0 Å². The van der Waals surface area contributed by atoms with Gasteiger partial charge in [-0.05, 0) is 34.5 Å². The highest BCUT2D eigenvalue weighted by molar-refractivity contribution is 7.92. The van der Waals surface area contributed by atoms with Crippen molar-refractivity contribution in [3.05, 3.63) is 72.3 Å². The van der Waals surface area contributed by atoms with Crippen LogP contribution >= 0.6 is 0 Å². The summed E-state index contributed by atoms with van der Waals surface area (Å²) in [4.78, 5) is 24.8. The number of nitrogens with zero attached hydrogens (tertiary/aromatic N) is 1. The number of urea groups is 1. The zero-order chi connectivity index (χ0) is 19.7. The largest absolute Gasteiger partial charge is 0.329 e. The number of fused-ring (bicyclic) bond motifs is 1. The monoisotopic (exact) mass is 395 g/mol. The Morgan fingerprint density at radius 1 is 0.929 bits per heavy atom. The molecule has 2 N–H and O–H groups in total. The number of nitrogens with one attached hydrogen (secondary N) is 2. The fourth-order valence-corrected chi connectivity index (χ4v) is 4.22. The van der Waals surface area contributed by atoms with Crippen molar-refractivity contribution in [1.82, 2.24) is 10.2 Å². The van der Waals surface area contributed by atoms with E-state index in [9.17, 15) is 18.0 Å². The summed E-state index contributed by atoms with van der Waals surface area (Å²) in [6.07, 6.45) is 0. The van der Waals surface area contributed by atoms with E-state index in [0.29, 0.717) is 11.3 Å². The molecule has 8 heteroatoms. The van der Waals surface area contributed by atoms with E-state index in [2.05, 4.69) is 10.0 Å². The minimum atomic E-state index is -3.84. The molecule has 3 aromatic rings. The summed E-state index contributed by atoms with van der Waals surface area (Å²) in [7, 11) is -3.84. The van der Waals surface area contributed by atoms with E-state index in [4.69, 9.17) is 0 Å². The maximum absolute atomic E-state index is 12.9. The minimum Gasteiger partial charge on any atom is -0.329 e. The first kappa shape index (κ1) is 18.0. The zero-order valence-corrected chi connectivity index (χ0v) is 15.6. The maximum Gasteiger partial charge on any atom is 0.324 e. The Morgan fingerprint density at radius 2 is 1.64 bits per heavy atom. The van der Waals surface area contributed by atoms with E-state index in [0.717, 1.165) is 15.7 Å². The number of rotatable bonds is 5. The number of hydrogen-bond donors (Lipinski definition) is 2. The Morgan fingerprint density at radius 3 is 2.39 bits per heavy atom. The van der Waals surface area contributed by atoms with E-state index in [1.165, 1.54) is 0 Å². The van der Waals surface area contributed by atoms with Gasteiger partial charge >= 0.3 is 6.03 Å². The number of anilines is 1. The molecule has 4 rings (SSSR count). The maximum atomic E-state index is 12.9. The summed E-state index contributed by atoms with van der Waals surface area (Å²) in [6, 6.07) is 18.6. The van der Waals surface area contributed by atoms with Crippen molar-refractivity contribution < 1.29 is 18.0 Å². The number of imide groups is 1. The number of para-hydroxylation sites is 1. The molecule has 142 valence electrons. The molecule has 0 unspecified atom stereocenters. The van der Waals surface area contributed by atoms with Crippen LogP contribution in [0.25, 0.3) is 10.8 Å². The van der Waals surface area contributed by atoms with Crippen LogP contribution in [0, 0.1) is 0 Å². The number of carbonyl (C=O) groups is 2. The third-order valence-electron chi connectivity index (χ3n) is 4.56. The quantitative estimate of drug-likeness (QED) is 0.650. The lowest BCUT2D eigenvalue weighted by molar-refractivity contribution is -0.125. The summed E-state index contributed by atoms with van der Waals surface area (Å²) in [5.41, 5.74) is 0.848. The van der Waals surface area contributed by atoms with Gasteiger partial charge in [-0.1, -0.05) is 48.5 Å². The Bertz CT molecular complexity index is 1170. The predicted octanol–water partition coefficient (Wildman–Crippen LogP) is 2.69. The Hall–Kier alpha value is -3.39. The van der Waals surface area contributed by atoms with Gasteiger partial charge < -0.3 is 5.32 Å². The fourth-order valence-electron chi connectivity index (χ4n) is 3.08. The summed E-state index contributed by atoms with van der Waals surface area (Å²) in [5.74, 6) is -0.350. The average Bonchev–Trinajstić information content (AvgIpc) is 3.01. The van der Waals surface area contributed by atoms with Gasteiger partial charge in [-0.2, -0.15) is 0 Å². The first-order chi connectivity index (χ1) is 13.4. The van der Waals surface area contributed by atoms with Crippen LogP contribution in [0.1, 0.15) is 5.56 Å². The van der Waals surface area contributed by atoms with Crippen LogP contribution < -0.4 is 10.0 Å². The summed E-state index contributed by atoms with van der Waals surface area (Å²) < 4.78 is 28.4. The van der Waals surface area contributed by atoms with E-state index in [-0.39, 0.29) is 23.9 Å². The zero-order valence-electron chi connectivity index (χ0n) is 14.8. The first-order valence-electron chi connectivity index (χ1n) is 8.62. The standard InChI is InChI=1S/C20H17N3O4S/c24-19-12-21-20(25)23(19)13-16-7-3-4-8-18(16)22-28(26,27)17-10-9-14-5-1-2-6-15(14)11-17/h1-11,22H,12-13H2,(H,21,25). The lowest BCUT2D eigenvalue weighted by atomic mass is 10.1. The predicted molar refractivity (Wildman–Crippen MR) is 105 cm³/mol. The molecule has 1 heterocycles. The number of amides is 3. The van der Waals surface area contributed by atoms with Crippen LogP contribution in [0.15, 0.2) is 71.6 Å². The molecule has 3 aromatic carbocycles. The molecule has 7 nitrogen and oxygen atoms in total. The van der Waals surface area contributed by atoms with Gasteiger partial charge in [0.2, 0.25) is 5.91 Å². The van der Waals surface area contributed by atoms with Crippen LogP contribution in [-0.4, -0.2) is 31.8 Å². The fraction of sp³-hybridized carbons (Fsp3) is 0.100. The molecule has 1 aliphatic heterocycles. The van der Waals surface area contributed by atoms with E-state index >= 15 is 0 Å². The number of carbonyl (C=O) groups excluding carboxylic acids is 2. The molecular weight excluding hydrogens is 378 g/mol. The Kier molecular flexibility index (Phi) is 4.48.